The Labute approximate surface area is 94.5 Å². The highest BCUT2D eigenvalue weighted by atomic mass is 16.3. The van der Waals surface area contributed by atoms with E-state index in [0.29, 0.717) is 0 Å². The van der Waals surface area contributed by atoms with Crippen molar-refractivity contribution < 1.29 is 5.11 Å². The Balaban J connectivity index is 1.96. The van der Waals surface area contributed by atoms with E-state index in [4.69, 9.17) is 0 Å². The highest BCUT2D eigenvalue weighted by Crippen LogP contribution is 2.23. The Morgan fingerprint density at radius 3 is 2.53 bits per heavy atom. The van der Waals surface area contributed by atoms with E-state index < -0.39 is 0 Å². The van der Waals surface area contributed by atoms with Crippen LogP contribution in [0.1, 0.15) is 58.8 Å². The number of aliphatic hydroxyl groups is 1. The lowest BCUT2D eigenvalue weighted by atomic mass is 9.87. The lowest BCUT2D eigenvalue weighted by Crippen LogP contribution is -2.33. The molecule has 1 aliphatic carbocycles. The van der Waals surface area contributed by atoms with E-state index in [1.165, 1.54) is 25.7 Å². The van der Waals surface area contributed by atoms with E-state index in [0.717, 1.165) is 37.8 Å². The molecule has 0 saturated heterocycles. The number of nitrogens with one attached hydrogen (secondary N) is 1. The lowest BCUT2D eigenvalue weighted by molar-refractivity contribution is 0.156. The molecule has 1 saturated carbocycles. The van der Waals surface area contributed by atoms with Crippen molar-refractivity contribution >= 4 is 0 Å². The molecule has 90 valence electrons. The number of hydrogen-bond acceptors (Lipinski definition) is 2. The van der Waals surface area contributed by atoms with Gasteiger partial charge in [0.2, 0.25) is 0 Å². The van der Waals surface area contributed by atoms with Crippen molar-refractivity contribution in [2.75, 3.05) is 6.54 Å². The predicted molar refractivity (Wildman–Crippen MR) is 65.0 cm³/mol. The van der Waals surface area contributed by atoms with Crippen molar-refractivity contribution in [1.29, 1.82) is 0 Å². The van der Waals surface area contributed by atoms with Gasteiger partial charge in [0.1, 0.15) is 0 Å². The van der Waals surface area contributed by atoms with Crippen LogP contribution >= 0.6 is 0 Å². The van der Waals surface area contributed by atoms with Gasteiger partial charge in [0.25, 0.3) is 0 Å². The molecule has 1 aliphatic rings. The van der Waals surface area contributed by atoms with Crippen LogP contribution in [0.5, 0.6) is 0 Å². The molecule has 0 radical (unpaired) electrons. The maximum atomic E-state index is 9.40. The summed E-state index contributed by atoms with van der Waals surface area (Å²) in [6, 6.07) is 0.750. The zero-order valence-corrected chi connectivity index (χ0v) is 10.3. The first-order valence-electron chi connectivity index (χ1n) is 6.63. The van der Waals surface area contributed by atoms with Crippen LogP contribution in [0.3, 0.4) is 0 Å². The zero-order chi connectivity index (χ0) is 11.1. The summed E-state index contributed by atoms with van der Waals surface area (Å²) < 4.78 is 0. The van der Waals surface area contributed by atoms with Crippen LogP contribution in [0.4, 0.5) is 0 Å². The standard InChI is InChI=1S/C13H27NO/c1-3-13(15)5-4-10-14-12-8-6-11(2)7-9-12/h11-15H,3-10H2,1-2H3. The van der Waals surface area contributed by atoms with E-state index >= 15 is 0 Å². The van der Waals surface area contributed by atoms with Crippen LogP contribution in [0.25, 0.3) is 0 Å². The second-order valence-electron chi connectivity index (χ2n) is 5.12. The molecule has 0 aliphatic heterocycles. The van der Waals surface area contributed by atoms with Gasteiger partial charge in [-0.2, -0.15) is 0 Å². The van der Waals surface area contributed by atoms with Crippen molar-refractivity contribution in [2.24, 2.45) is 5.92 Å². The Kier molecular flexibility index (Phi) is 6.26. The minimum atomic E-state index is -0.0850. The molecule has 2 heteroatoms. The number of rotatable bonds is 6. The predicted octanol–water partition coefficient (Wildman–Crippen LogP) is 2.71. The third-order valence-corrected chi connectivity index (χ3v) is 3.63. The van der Waals surface area contributed by atoms with E-state index in [-0.39, 0.29) is 6.10 Å². The van der Waals surface area contributed by atoms with Gasteiger partial charge in [-0.15, -0.1) is 0 Å². The van der Waals surface area contributed by atoms with E-state index in [1.807, 2.05) is 6.92 Å². The second-order valence-corrected chi connectivity index (χ2v) is 5.12. The molecule has 0 amide bonds. The molecule has 1 fully saturated rings. The molecule has 0 heterocycles. The molecule has 15 heavy (non-hydrogen) atoms. The van der Waals surface area contributed by atoms with Gasteiger partial charge in [-0.25, -0.2) is 0 Å². The molecule has 2 nitrogen and oxygen atoms in total. The summed E-state index contributed by atoms with van der Waals surface area (Å²) in [6.45, 7) is 5.48. The topological polar surface area (TPSA) is 32.3 Å². The van der Waals surface area contributed by atoms with Gasteiger partial charge in [0.15, 0.2) is 0 Å². The third-order valence-electron chi connectivity index (χ3n) is 3.63. The van der Waals surface area contributed by atoms with Crippen molar-refractivity contribution in [3.8, 4) is 0 Å². The summed E-state index contributed by atoms with van der Waals surface area (Å²) in [5.41, 5.74) is 0. The van der Waals surface area contributed by atoms with Crippen molar-refractivity contribution in [1.82, 2.24) is 5.32 Å². The zero-order valence-electron chi connectivity index (χ0n) is 10.3. The fourth-order valence-corrected chi connectivity index (χ4v) is 2.31. The lowest BCUT2D eigenvalue weighted by Gasteiger charge is -2.27. The van der Waals surface area contributed by atoms with Gasteiger partial charge in [-0.3, -0.25) is 0 Å². The first kappa shape index (κ1) is 13.0. The molecule has 2 N–H and O–H groups in total. The van der Waals surface area contributed by atoms with Crippen molar-refractivity contribution in [2.45, 2.75) is 70.9 Å². The summed E-state index contributed by atoms with van der Waals surface area (Å²) in [5.74, 6) is 0.935. The average molecular weight is 213 g/mol. The van der Waals surface area contributed by atoms with Crippen molar-refractivity contribution in [3.05, 3.63) is 0 Å². The van der Waals surface area contributed by atoms with Crippen LogP contribution < -0.4 is 5.32 Å². The van der Waals surface area contributed by atoms with Crippen LogP contribution in [0, 0.1) is 5.92 Å². The average Bonchev–Trinajstić information content (AvgIpc) is 2.26. The number of aliphatic hydroxyl groups excluding tert-OH is 1. The molecule has 0 spiro atoms. The molecular weight excluding hydrogens is 186 g/mol. The molecule has 0 bridgehead atoms. The van der Waals surface area contributed by atoms with Gasteiger partial charge in [0.05, 0.1) is 6.10 Å². The molecule has 1 rings (SSSR count). The molecule has 1 unspecified atom stereocenters. The summed E-state index contributed by atoms with van der Waals surface area (Å²) >= 11 is 0. The third kappa shape index (κ3) is 5.53. The Hall–Kier alpha value is -0.0800. The Bertz CT molecular complexity index is 153. The monoisotopic (exact) mass is 213 g/mol. The smallest absolute Gasteiger partial charge is 0.0538 e. The molecule has 1 atom stereocenters. The quantitative estimate of drug-likeness (QED) is 0.665. The minimum absolute atomic E-state index is 0.0850. The van der Waals surface area contributed by atoms with Crippen LogP contribution in [-0.2, 0) is 0 Å². The highest BCUT2D eigenvalue weighted by Gasteiger charge is 2.17. The second kappa shape index (κ2) is 7.24. The van der Waals surface area contributed by atoms with Gasteiger partial charge in [0, 0.05) is 6.04 Å². The van der Waals surface area contributed by atoms with Gasteiger partial charge >= 0.3 is 0 Å². The SMILES string of the molecule is CCC(O)CCCNC1CCC(C)CC1. The Morgan fingerprint density at radius 1 is 1.27 bits per heavy atom. The molecular formula is C13H27NO. The number of hydrogen-bond donors (Lipinski definition) is 2. The largest absolute Gasteiger partial charge is 0.393 e. The van der Waals surface area contributed by atoms with E-state index in [2.05, 4.69) is 12.2 Å². The van der Waals surface area contributed by atoms with E-state index in [9.17, 15) is 5.11 Å². The maximum Gasteiger partial charge on any atom is 0.0538 e. The maximum absolute atomic E-state index is 9.40. The van der Waals surface area contributed by atoms with Crippen LogP contribution in [0.15, 0.2) is 0 Å². The first-order valence-corrected chi connectivity index (χ1v) is 6.63. The molecule has 0 aromatic carbocycles. The van der Waals surface area contributed by atoms with Gasteiger partial charge in [-0.05, 0) is 57.4 Å². The minimum Gasteiger partial charge on any atom is -0.393 e. The summed E-state index contributed by atoms with van der Waals surface area (Å²) in [7, 11) is 0. The molecule has 0 aromatic heterocycles. The summed E-state index contributed by atoms with van der Waals surface area (Å²) in [4.78, 5) is 0. The summed E-state index contributed by atoms with van der Waals surface area (Å²) in [5, 5.41) is 13.0. The molecule has 0 aromatic rings. The Morgan fingerprint density at radius 2 is 1.93 bits per heavy atom. The summed E-state index contributed by atoms with van der Waals surface area (Å²) in [6.07, 6.45) is 8.33. The van der Waals surface area contributed by atoms with Crippen LogP contribution in [0.2, 0.25) is 0 Å². The van der Waals surface area contributed by atoms with E-state index in [1.54, 1.807) is 0 Å². The fraction of sp³-hybridized carbons (Fsp3) is 1.00. The van der Waals surface area contributed by atoms with Gasteiger partial charge < -0.3 is 10.4 Å². The van der Waals surface area contributed by atoms with Crippen LogP contribution in [-0.4, -0.2) is 23.8 Å². The first-order chi connectivity index (χ1) is 7.22. The van der Waals surface area contributed by atoms with Gasteiger partial charge in [-0.1, -0.05) is 13.8 Å². The fourth-order valence-electron chi connectivity index (χ4n) is 2.31. The normalized spacial score (nSPS) is 29.0. The highest BCUT2D eigenvalue weighted by molar-refractivity contribution is 4.75. The van der Waals surface area contributed by atoms with Crippen molar-refractivity contribution in [3.63, 3.8) is 0 Å².